The first kappa shape index (κ1) is 29.6. The highest BCUT2D eigenvalue weighted by atomic mass is 79.9. The fraction of sp³-hybridized carbons (Fsp3) is 0.417. The van der Waals surface area contributed by atoms with Gasteiger partial charge in [0, 0.05) is 26.3 Å². The number of halogens is 4. The Morgan fingerprint density at radius 1 is 1.05 bits per heavy atom. The third-order valence-electron chi connectivity index (χ3n) is 5.80. The molecule has 4 rings (SSSR count). The summed E-state index contributed by atoms with van der Waals surface area (Å²) in [6.07, 6.45) is -3.40. The largest absolute Gasteiger partial charge is 0.463 e. The number of aryl methyl sites for hydroxylation is 1. The molecule has 0 radical (unpaired) electrons. The Hall–Kier alpha value is -3.37. The fourth-order valence-corrected chi connectivity index (χ4v) is 5.98. The summed E-state index contributed by atoms with van der Waals surface area (Å²) in [5.41, 5.74) is 0.163. The Morgan fingerprint density at radius 2 is 1.68 bits per heavy atom. The van der Waals surface area contributed by atoms with Crippen molar-refractivity contribution < 1.29 is 46.5 Å². The van der Waals surface area contributed by atoms with E-state index in [0.29, 0.717) is 14.5 Å². The molecular formula is C24H22BrF3N4O7S. The number of rotatable bonds is 7. The lowest BCUT2D eigenvalue weighted by molar-refractivity contribution is -0.231. The Bertz CT molecular complexity index is 1430. The molecule has 0 saturated carbocycles. The second-order valence-corrected chi connectivity index (χ2v) is 11.3. The van der Waals surface area contributed by atoms with Crippen LogP contribution in [0.1, 0.15) is 43.6 Å². The molecule has 11 nitrogen and oxygen atoms in total. The maximum absolute atomic E-state index is 13.9. The van der Waals surface area contributed by atoms with Gasteiger partial charge < -0.3 is 18.9 Å². The normalized spacial score (nSPS) is 22.6. The summed E-state index contributed by atoms with van der Waals surface area (Å²) < 4.78 is 65.7. The number of carbonyl (C=O) groups is 3. The molecule has 0 N–H and O–H groups in total. The number of aromatic nitrogens is 4. The van der Waals surface area contributed by atoms with E-state index in [-0.39, 0.29) is 17.9 Å². The summed E-state index contributed by atoms with van der Waals surface area (Å²) >= 11 is 4.74. The minimum Gasteiger partial charge on any atom is -0.463 e. The van der Waals surface area contributed by atoms with E-state index < -0.39 is 65.8 Å². The maximum atomic E-state index is 13.9. The summed E-state index contributed by atoms with van der Waals surface area (Å²) in [7, 11) is 0. The second-order valence-electron chi connectivity index (χ2n) is 8.77. The summed E-state index contributed by atoms with van der Waals surface area (Å²) in [5, 5.41) is 8.66. The van der Waals surface area contributed by atoms with E-state index in [9.17, 15) is 27.6 Å². The van der Waals surface area contributed by atoms with Gasteiger partial charge in [-0.2, -0.15) is 0 Å². The predicted molar refractivity (Wildman–Crippen MR) is 134 cm³/mol. The van der Waals surface area contributed by atoms with Crippen LogP contribution in [0.25, 0.3) is 11.3 Å². The third-order valence-corrected chi connectivity index (χ3v) is 7.46. The van der Waals surface area contributed by atoms with Gasteiger partial charge in [-0.05, 0) is 35.0 Å². The van der Waals surface area contributed by atoms with Crippen molar-refractivity contribution >= 4 is 45.2 Å². The van der Waals surface area contributed by atoms with E-state index >= 15 is 0 Å². The molecule has 3 aromatic rings. The first-order chi connectivity index (χ1) is 18.8. The first-order valence-corrected chi connectivity index (χ1v) is 13.3. The standard InChI is InChI=1S/C24H22BrF3N4O7S/c1-9-29-19(24(25)40-9)22-23(38-12(4)35)20(21(37-11(3)34)17(39-22)8-36-10(2)33)32-7-16(30-31-32)13-5-14(26)18(28)15(27)6-13/h5-7,17,20-23H,8H2,1-4H3/t17-,20+,21+,22+,23-/m1/s1. The molecular weight excluding hydrogens is 625 g/mol. The maximum Gasteiger partial charge on any atom is 0.303 e. The van der Waals surface area contributed by atoms with Crippen molar-refractivity contribution in [3.8, 4) is 11.3 Å². The van der Waals surface area contributed by atoms with Crippen molar-refractivity contribution in [3.05, 3.63) is 50.3 Å². The van der Waals surface area contributed by atoms with E-state index in [1.807, 2.05) is 0 Å². The number of hydrogen-bond acceptors (Lipinski definition) is 11. The second kappa shape index (κ2) is 12.0. The molecule has 1 aliphatic heterocycles. The monoisotopic (exact) mass is 646 g/mol. The average molecular weight is 647 g/mol. The van der Waals surface area contributed by atoms with Crippen LogP contribution >= 0.6 is 27.3 Å². The van der Waals surface area contributed by atoms with E-state index in [4.69, 9.17) is 18.9 Å². The fourth-order valence-electron chi connectivity index (χ4n) is 4.30. The van der Waals surface area contributed by atoms with Crippen molar-refractivity contribution in [2.45, 2.75) is 58.2 Å². The zero-order chi connectivity index (χ0) is 29.3. The number of nitrogens with zero attached hydrogens (tertiary/aromatic N) is 4. The number of esters is 3. The van der Waals surface area contributed by atoms with Gasteiger partial charge in [0.1, 0.15) is 30.6 Å². The predicted octanol–water partition coefficient (Wildman–Crippen LogP) is 4.00. The quantitative estimate of drug-likeness (QED) is 0.211. The van der Waals surface area contributed by atoms with Crippen LogP contribution in [0.4, 0.5) is 13.2 Å². The molecule has 1 aliphatic rings. The van der Waals surface area contributed by atoms with Crippen LogP contribution in [0.5, 0.6) is 0 Å². The van der Waals surface area contributed by atoms with Gasteiger partial charge in [-0.3, -0.25) is 14.4 Å². The van der Waals surface area contributed by atoms with Gasteiger partial charge in [0.05, 0.1) is 20.7 Å². The van der Waals surface area contributed by atoms with Gasteiger partial charge in [-0.25, -0.2) is 22.8 Å². The lowest BCUT2D eigenvalue weighted by Crippen LogP contribution is -2.55. The van der Waals surface area contributed by atoms with Crippen LogP contribution in [-0.4, -0.2) is 62.8 Å². The minimum absolute atomic E-state index is 0.0637. The average Bonchev–Trinajstić information content (AvgIpc) is 3.47. The number of hydrogen-bond donors (Lipinski definition) is 0. The molecule has 0 spiro atoms. The van der Waals surface area contributed by atoms with Crippen molar-refractivity contribution in [1.29, 1.82) is 0 Å². The number of ether oxygens (including phenoxy) is 4. The lowest BCUT2D eigenvalue weighted by atomic mass is 9.90. The Labute approximate surface area is 237 Å². The minimum atomic E-state index is -1.65. The molecule has 1 fully saturated rings. The summed E-state index contributed by atoms with van der Waals surface area (Å²) in [5.74, 6) is -6.59. The van der Waals surface area contributed by atoms with Crippen LogP contribution in [0.2, 0.25) is 0 Å². The summed E-state index contributed by atoms with van der Waals surface area (Å²) in [4.78, 5) is 40.6. The molecule has 3 heterocycles. The van der Waals surface area contributed by atoms with Gasteiger partial charge in [-0.15, -0.1) is 16.4 Å². The molecule has 0 aliphatic carbocycles. The molecule has 0 unspecified atom stereocenters. The van der Waals surface area contributed by atoms with E-state index in [1.54, 1.807) is 6.92 Å². The van der Waals surface area contributed by atoms with Crippen LogP contribution in [0.15, 0.2) is 22.1 Å². The third kappa shape index (κ3) is 6.33. The van der Waals surface area contributed by atoms with Crippen LogP contribution < -0.4 is 0 Å². The number of thiazole rings is 1. The van der Waals surface area contributed by atoms with Crippen LogP contribution in [0.3, 0.4) is 0 Å². The van der Waals surface area contributed by atoms with Gasteiger partial charge >= 0.3 is 17.9 Å². The molecule has 5 atom stereocenters. The van der Waals surface area contributed by atoms with Crippen molar-refractivity contribution in [2.24, 2.45) is 0 Å². The highest BCUT2D eigenvalue weighted by Gasteiger charge is 2.53. The van der Waals surface area contributed by atoms with Crippen molar-refractivity contribution in [1.82, 2.24) is 20.0 Å². The number of carbonyl (C=O) groups excluding carboxylic acids is 3. The summed E-state index contributed by atoms with van der Waals surface area (Å²) in [6, 6.07) is 0.328. The highest BCUT2D eigenvalue weighted by molar-refractivity contribution is 9.11. The molecule has 1 saturated heterocycles. The topological polar surface area (TPSA) is 132 Å². The van der Waals surface area contributed by atoms with Crippen LogP contribution in [-0.2, 0) is 33.3 Å². The lowest BCUT2D eigenvalue weighted by Gasteiger charge is -2.44. The van der Waals surface area contributed by atoms with E-state index in [2.05, 4.69) is 31.2 Å². The molecule has 1 aromatic carbocycles. The van der Waals surface area contributed by atoms with Crippen molar-refractivity contribution in [2.75, 3.05) is 6.61 Å². The van der Waals surface area contributed by atoms with Gasteiger partial charge in [0.15, 0.2) is 29.7 Å². The smallest absolute Gasteiger partial charge is 0.303 e. The first-order valence-electron chi connectivity index (χ1n) is 11.7. The molecule has 40 heavy (non-hydrogen) atoms. The summed E-state index contributed by atoms with van der Waals surface area (Å²) in [6.45, 7) is 4.89. The molecule has 2 aromatic heterocycles. The zero-order valence-corrected chi connectivity index (χ0v) is 23.8. The Kier molecular flexibility index (Phi) is 8.90. The Morgan fingerprint density at radius 3 is 2.23 bits per heavy atom. The number of benzene rings is 1. The van der Waals surface area contributed by atoms with Gasteiger partial charge in [-0.1, -0.05) is 5.21 Å². The SMILES string of the molecule is CC(=O)OC[C@H]1O[C@@H](c2nc(C)sc2Br)[C@H](OC(C)=O)[C@@H](n2cc(-c3cc(F)c(F)c(F)c3)nn2)[C@H]1OC(C)=O. The zero-order valence-electron chi connectivity index (χ0n) is 21.4. The van der Waals surface area contributed by atoms with Gasteiger partial charge in [0.2, 0.25) is 0 Å². The van der Waals surface area contributed by atoms with Gasteiger partial charge in [0.25, 0.3) is 0 Å². The van der Waals surface area contributed by atoms with E-state index in [0.717, 1.165) is 26.0 Å². The molecule has 214 valence electrons. The Balaban J connectivity index is 1.87. The molecule has 0 amide bonds. The van der Waals surface area contributed by atoms with Crippen molar-refractivity contribution in [3.63, 3.8) is 0 Å². The molecule has 16 heteroatoms. The highest BCUT2D eigenvalue weighted by Crippen LogP contribution is 2.44. The molecule has 0 bridgehead atoms. The van der Waals surface area contributed by atoms with E-state index in [1.165, 1.54) is 29.1 Å². The van der Waals surface area contributed by atoms with Crippen LogP contribution in [0, 0.1) is 24.4 Å².